The molecule has 138 valence electrons. The minimum atomic E-state index is -0.539. The number of H-pyrrole nitrogens is 1. The van der Waals surface area contributed by atoms with Gasteiger partial charge in [0.15, 0.2) is 17.3 Å². The van der Waals surface area contributed by atoms with Gasteiger partial charge in [0.2, 0.25) is 0 Å². The summed E-state index contributed by atoms with van der Waals surface area (Å²) in [5.74, 6) is 1.02. The van der Waals surface area contributed by atoms with E-state index in [1.165, 1.54) is 12.1 Å². The van der Waals surface area contributed by atoms with E-state index in [9.17, 15) is 4.39 Å². The third kappa shape index (κ3) is 4.33. The Hall–Kier alpha value is -3.60. The second-order valence-electron chi connectivity index (χ2n) is 5.71. The number of anilines is 1. The fourth-order valence-electron chi connectivity index (χ4n) is 2.53. The molecule has 0 aliphatic heterocycles. The SMILES string of the molecule is CCc1n[nH]c(CCOc2cccnc2N)c1Oc1cc(F)cc(C#N)c1. The number of nitrogens with zero attached hydrogens (tertiary/aromatic N) is 3. The summed E-state index contributed by atoms with van der Waals surface area (Å²) in [6, 6.07) is 9.24. The number of hydrogen-bond donors (Lipinski definition) is 2. The van der Waals surface area contributed by atoms with Crippen LogP contribution in [0, 0.1) is 17.1 Å². The second-order valence-corrected chi connectivity index (χ2v) is 5.71. The van der Waals surface area contributed by atoms with E-state index < -0.39 is 5.82 Å². The molecule has 0 amide bonds. The maximum Gasteiger partial charge on any atom is 0.171 e. The lowest BCUT2D eigenvalue weighted by Crippen LogP contribution is -2.05. The zero-order chi connectivity index (χ0) is 19.2. The van der Waals surface area contributed by atoms with Crippen molar-refractivity contribution < 1.29 is 13.9 Å². The molecule has 0 fully saturated rings. The molecule has 3 N–H and O–H groups in total. The predicted octanol–water partition coefficient (Wildman–Crippen LogP) is 3.37. The van der Waals surface area contributed by atoms with E-state index in [0.717, 1.165) is 6.07 Å². The van der Waals surface area contributed by atoms with Gasteiger partial charge in [0.05, 0.1) is 23.9 Å². The second kappa shape index (κ2) is 8.19. The molecule has 3 aromatic rings. The lowest BCUT2D eigenvalue weighted by atomic mass is 10.2. The smallest absolute Gasteiger partial charge is 0.171 e. The molecule has 0 unspecified atom stereocenters. The quantitative estimate of drug-likeness (QED) is 0.662. The third-order valence-corrected chi connectivity index (χ3v) is 3.83. The van der Waals surface area contributed by atoms with Gasteiger partial charge >= 0.3 is 0 Å². The normalized spacial score (nSPS) is 10.4. The molecule has 1 aromatic carbocycles. The van der Waals surface area contributed by atoms with Crippen LogP contribution in [0.5, 0.6) is 17.2 Å². The summed E-state index contributed by atoms with van der Waals surface area (Å²) >= 11 is 0. The number of hydrogen-bond acceptors (Lipinski definition) is 6. The highest BCUT2D eigenvalue weighted by atomic mass is 19.1. The van der Waals surface area contributed by atoms with E-state index in [-0.39, 0.29) is 11.3 Å². The number of halogens is 1. The van der Waals surface area contributed by atoms with Gasteiger partial charge in [0.25, 0.3) is 0 Å². The van der Waals surface area contributed by atoms with Crippen molar-refractivity contribution in [2.24, 2.45) is 0 Å². The van der Waals surface area contributed by atoms with Crippen LogP contribution in [0.15, 0.2) is 36.5 Å². The van der Waals surface area contributed by atoms with E-state index in [4.69, 9.17) is 20.5 Å². The van der Waals surface area contributed by atoms with Crippen LogP contribution in [0.4, 0.5) is 10.2 Å². The first-order valence-electron chi connectivity index (χ1n) is 8.38. The average Bonchev–Trinajstić information content (AvgIpc) is 3.04. The molecule has 27 heavy (non-hydrogen) atoms. The molecule has 0 aliphatic carbocycles. The Bertz CT molecular complexity index is 980. The molecular weight excluding hydrogens is 349 g/mol. The van der Waals surface area contributed by atoms with Gasteiger partial charge in [-0.25, -0.2) is 9.37 Å². The van der Waals surface area contributed by atoms with Gasteiger partial charge in [-0.2, -0.15) is 10.4 Å². The van der Waals surface area contributed by atoms with Crippen molar-refractivity contribution in [3.05, 3.63) is 59.3 Å². The summed E-state index contributed by atoms with van der Waals surface area (Å²) in [5.41, 5.74) is 7.35. The Balaban J connectivity index is 1.76. The van der Waals surface area contributed by atoms with Gasteiger partial charge in [0, 0.05) is 18.7 Å². The third-order valence-electron chi connectivity index (χ3n) is 3.83. The fraction of sp³-hybridized carbons (Fsp3) is 0.211. The zero-order valence-electron chi connectivity index (χ0n) is 14.7. The summed E-state index contributed by atoms with van der Waals surface area (Å²) in [6.07, 6.45) is 2.69. The van der Waals surface area contributed by atoms with Crippen LogP contribution in [0.3, 0.4) is 0 Å². The zero-order valence-corrected chi connectivity index (χ0v) is 14.7. The van der Waals surface area contributed by atoms with E-state index in [1.54, 1.807) is 18.3 Å². The molecule has 8 heteroatoms. The van der Waals surface area contributed by atoms with Gasteiger partial charge in [0.1, 0.15) is 17.3 Å². The summed E-state index contributed by atoms with van der Waals surface area (Å²) in [7, 11) is 0. The number of benzene rings is 1. The minimum absolute atomic E-state index is 0.184. The van der Waals surface area contributed by atoms with Crippen LogP contribution in [-0.2, 0) is 12.8 Å². The molecule has 0 saturated heterocycles. The van der Waals surface area contributed by atoms with Gasteiger partial charge < -0.3 is 15.2 Å². The summed E-state index contributed by atoms with van der Waals surface area (Å²) < 4.78 is 25.2. The van der Waals surface area contributed by atoms with Crippen LogP contribution in [0.25, 0.3) is 0 Å². The molecule has 0 bridgehead atoms. The lowest BCUT2D eigenvalue weighted by Gasteiger charge is -2.10. The van der Waals surface area contributed by atoms with Crippen LogP contribution in [0.1, 0.15) is 23.9 Å². The van der Waals surface area contributed by atoms with Crippen LogP contribution >= 0.6 is 0 Å². The van der Waals surface area contributed by atoms with E-state index in [1.807, 2.05) is 13.0 Å². The van der Waals surface area contributed by atoms with Crippen LogP contribution in [0.2, 0.25) is 0 Å². The molecule has 0 atom stereocenters. The first-order valence-corrected chi connectivity index (χ1v) is 8.38. The van der Waals surface area contributed by atoms with E-state index in [2.05, 4.69) is 15.2 Å². The molecule has 2 heterocycles. The molecular formula is C19H18FN5O2. The topological polar surface area (TPSA) is 110 Å². The van der Waals surface area contributed by atoms with Gasteiger partial charge in [-0.15, -0.1) is 0 Å². The molecule has 3 rings (SSSR count). The first kappa shape index (κ1) is 18.2. The standard InChI is InChI=1S/C19H18FN5O2/c1-2-15-18(27-14-9-12(11-21)8-13(20)10-14)16(25-24-15)5-7-26-17-4-3-6-23-19(17)22/h3-4,6,8-10H,2,5,7H2,1H3,(H2,22,23)(H,24,25). The number of nitriles is 1. The Morgan fingerprint density at radius 2 is 2.19 bits per heavy atom. The monoisotopic (exact) mass is 367 g/mol. The van der Waals surface area contributed by atoms with Gasteiger partial charge in [-0.05, 0) is 30.7 Å². The Morgan fingerprint density at radius 1 is 1.33 bits per heavy atom. The Morgan fingerprint density at radius 3 is 2.93 bits per heavy atom. The molecule has 7 nitrogen and oxygen atoms in total. The number of ether oxygens (including phenoxy) is 2. The Labute approximate surface area is 155 Å². The maximum atomic E-state index is 13.7. The van der Waals surface area contributed by atoms with Crippen molar-refractivity contribution in [2.45, 2.75) is 19.8 Å². The number of nitrogen functional groups attached to an aromatic ring is 1. The Kier molecular flexibility index (Phi) is 5.52. The highest BCUT2D eigenvalue weighted by Crippen LogP contribution is 2.30. The van der Waals surface area contributed by atoms with Crippen molar-refractivity contribution in [1.29, 1.82) is 5.26 Å². The number of aromatic nitrogens is 3. The minimum Gasteiger partial charge on any atom is -0.489 e. The summed E-state index contributed by atoms with van der Waals surface area (Å²) in [4.78, 5) is 3.97. The number of nitrogens with two attached hydrogens (primary N) is 1. The van der Waals surface area contributed by atoms with Crippen molar-refractivity contribution >= 4 is 5.82 Å². The molecule has 0 spiro atoms. The molecule has 0 saturated carbocycles. The summed E-state index contributed by atoms with van der Waals surface area (Å²) in [6.45, 7) is 2.26. The van der Waals surface area contributed by atoms with Crippen molar-refractivity contribution in [3.63, 3.8) is 0 Å². The number of nitrogens with one attached hydrogen (secondary N) is 1. The van der Waals surface area contributed by atoms with Crippen molar-refractivity contribution in [2.75, 3.05) is 12.3 Å². The van der Waals surface area contributed by atoms with Gasteiger partial charge in [-0.3, -0.25) is 5.10 Å². The highest BCUT2D eigenvalue weighted by Gasteiger charge is 2.16. The average molecular weight is 367 g/mol. The number of aryl methyl sites for hydroxylation is 1. The maximum absolute atomic E-state index is 13.7. The highest BCUT2D eigenvalue weighted by molar-refractivity contribution is 5.45. The van der Waals surface area contributed by atoms with Crippen molar-refractivity contribution in [3.8, 4) is 23.3 Å². The van der Waals surface area contributed by atoms with Crippen LogP contribution in [-0.4, -0.2) is 21.8 Å². The largest absolute Gasteiger partial charge is 0.489 e. The van der Waals surface area contributed by atoms with E-state index in [0.29, 0.717) is 48.2 Å². The van der Waals surface area contributed by atoms with E-state index >= 15 is 0 Å². The lowest BCUT2D eigenvalue weighted by molar-refractivity contribution is 0.319. The molecule has 0 radical (unpaired) electrons. The van der Waals surface area contributed by atoms with Gasteiger partial charge in [-0.1, -0.05) is 6.92 Å². The first-order chi connectivity index (χ1) is 13.1. The number of rotatable bonds is 7. The van der Waals surface area contributed by atoms with Crippen LogP contribution < -0.4 is 15.2 Å². The number of aromatic amines is 1. The summed E-state index contributed by atoms with van der Waals surface area (Å²) in [5, 5.41) is 16.2. The number of pyridine rings is 1. The fourth-order valence-corrected chi connectivity index (χ4v) is 2.53. The molecule has 2 aromatic heterocycles. The molecule has 0 aliphatic rings. The van der Waals surface area contributed by atoms with Crippen molar-refractivity contribution in [1.82, 2.24) is 15.2 Å². The predicted molar refractivity (Wildman–Crippen MR) is 97.0 cm³/mol.